The first-order valence-corrected chi connectivity index (χ1v) is 8.46. The minimum Gasteiger partial charge on any atom is -0.444 e. The maximum Gasteiger partial charge on any atom is 0.410 e. The lowest BCUT2D eigenvalue weighted by Gasteiger charge is -2.35. The number of likely N-dealkylation sites (tertiary alicyclic amines) is 1. The molecule has 1 aliphatic rings. The number of hydrogen-bond acceptors (Lipinski definition) is 6. The topological polar surface area (TPSA) is 88.8 Å². The number of rotatable bonds is 4. The fraction of sp³-hybridized carbons (Fsp3) is 0.647. The molecule has 0 N–H and O–H groups in total. The van der Waals surface area contributed by atoms with Crippen LogP contribution in [0, 0.1) is 16.0 Å². The molecule has 0 saturated carbocycles. The van der Waals surface area contributed by atoms with Gasteiger partial charge < -0.3 is 14.5 Å². The van der Waals surface area contributed by atoms with Crippen LogP contribution in [-0.4, -0.2) is 53.2 Å². The van der Waals surface area contributed by atoms with Gasteiger partial charge in [0.2, 0.25) is 5.82 Å². The first-order chi connectivity index (χ1) is 11.7. The summed E-state index contributed by atoms with van der Waals surface area (Å²) in [5.74, 6) is 0.565. The minimum atomic E-state index is -0.518. The molecule has 138 valence electrons. The molecule has 0 radical (unpaired) electrons. The number of amides is 1. The summed E-state index contributed by atoms with van der Waals surface area (Å²) in [4.78, 5) is 30.6. The molecule has 0 aromatic carbocycles. The standard InChI is InChI=1S/C17H26N4O4/c1-17(2,3)25-16(22)20-10-6-7-13(12-20)11-19(4)15-14(21(23)24)8-5-9-18-15/h5,8-9,13H,6-7,10-12H2,1-4H3/t13-/m0/s1. The Hall–Kier alpha value is -2.38. The van der Waals surface area contributed by atoms with Crippen molar-refractivity contribution in [1.82, 2.24) is 9.88 Å². The maximum atomic E-state index is 12.2. The first kappa shape index (κ1) is 19.0. The van der Waals surface area contributed by atoms with Crippen LogP contribution in [0.3, 0.4) is 0 Å². The molecule has 1 atom stereocenters. The SMILES string of the molecule is CN(C[C@@H]1CCCN(C(=O)OC(C)(C)C)C1)c1ncccc1[N+](=O)[O-]. The average Bonchev–Trinajstić information content (AvgIpc) is 2.53. The fourth-order valence-corrected chi connectivity index (χ4v) is 3.01. The molecule has 1 amide bonds. The molecule has 2 rings (SSSR count). The second-order valence-electron chi connectivity index (χ2n) is 7.42. The van der Waals surface area contributed by atoms with Crippen LogP contribution in [0.5, 0.6) is 0 Å². The number of pyridine rings is 1. The lowest BCUT2D eigenvalue weighted by Crippen LogP contribution is -2.45. The number of nitrogens with zero attached hydrogens (tertiary/aromatic N) is 4. The lowest BCUT2D eigenvalue weighted by atomic mass is 9.98. The van der Waals surface area contributed by atoms with Gasteiger partial charge in [-0.2, -0.15) is 0 Å². The zero-order valence-corrected chi connectivity index (χ0v) is 15.3. The van der Waals surface area contributed by atoms with Crippen LogP contribution in [-0.2, 0) is 4.74 Å². The quantitative estimate of drug-likeness (QED) is 0.612. The Bertz CT molecular complexity index is 629. The molecule has 1 aromatic heterocycles. The van der Waals surface area contributed by atoms with Gasteiger partial charge in [-0.05, 0) is 45.6 Å². The van der Waals surface area contributed by atoms with E-state index in [0.29, 0.717) is 25.5 Å². The Morgan fingerprint density at radius 3 is 2.88 bits per heavy atom. The van der Waals surface area contributed by atoms with Gasteiger partial charge in [-0.1, -0.05) is 0 Å². The number of aromatic nitrogens is 1. The predicted octanol–water partition coefficient (Wildman–Crippen LogP) is 3.07. The third-order valence-corrected chi connectivity index (χ3v) is 4.03. The molecule has 1 saturated heterocycles. The van der Waals surface area contributed by atoms with E-state index in [1.165, 1.54) is 6.07 Å². The van der Waals surface area contributed by atoms with Crippen LogP contribution >= 0.6 is 0 Å². The van der Waals surface area contributed by atoms with Crippen molar-refractivity contribution in [3.8, 4) is 0 Å². The number of ether oxygens (including phenoxy) is 1. The highest BCUT2D eigenvalue weighted by molar-refractivity contribution is 5.68. The van der Waals surface area contributed by atoms with Crippen LogP contribution in [0.2, 0.25) is 0 Å². The Balaban J connectivity index is 2.01. The summed E-state index contributed by atoms with van der Waals surface area (Å²) < 4.78 is 5.44. The number of hydrogen-bond donors (Lipinski definition) is 0. The minimum absolute atomic E-state index is 0.00944. The van der Waals surface area contributed by atoms with Gasteiger partial charge >= 0.3 is 11.8 Å². The highest BCUT2D eigenvalue weighted by Crippen LogP contribution is 2.26. The van der Waals surface area contributed by atoms with E-state index in [9.17, 15) is 14.9 Å². The van der Waals surface area contributed by atoms with E-state index < -0.39 is 10.5 Å². The van der Waals surface area contributed by atoms with Crippen LogP contribution < -0.4 is 4.90 Å². The number of piperidine rings is 1. The lowest BCUT2D eigenvalue weighted by molar-refractivity contribution is -0.384. The molecule has 0 unspecified atom stereocenters. The number of anilines is 1. The smallest absolute Gasteiger partial charge is 0.410 e. The first-order valence-electron chi connectivity index (χ1n) is 8.46. The van der Waals surface area contributed by atoms with Gasteiger partial charge in [-0.25, -0.2) is 9.78 Å². The van der Waals surface area contributed by atoms with Gasteiger partial charge in [0.25, 0.3) is 0 Å². The van der Waals surface area contributed by atoms with E-state index >= 15 is 0 Å². The molecule has 1 aliphatic heterocycles. The molecular formula is C17H26N4O4. The van der Waals surface area contributed by atoms with E-state index in [4.69, 9.17) is 4.74 Å². The third-order valence-electron chi connectivity index (χ3n) is 4.03. The van der Waals surface area contributed by atoms with Crippen LogP contribution in [0.1, 0.15) is 33.6 Å². The Labute approximate surface area is 147 Å². The summed E-state index contributed by atoms with van der Waals surface area (Å²) in [6, 6.07) is 3.01. The molecule has 8 nitrogen and oxygen atoms in total. The van der Waals surface area contributed by atoms with Crippen molar-refractivity contribution in [3.05, 3.63) is 28.4 Å². The van der Waals surface area contributed by atoms with Gasteiger partial charge in [-0.15, -0.1) is 0 Å². The Morgan fingerprint density at radius 2 is 2.24 bits per heavy atom. The monoisotopic (exact) mass is 350 g/mol. The molecule has 1 aromatic rings. The van der Waals surface area contributed by atoms with E-state index in [-0.39, 0.29) is 17.7 Å². The Kier molecular flexibility index (Phi) is 5.81. The summed E-state index contributed by atoms with van der Waals surface area (Å²) >= 11 is 0. The van der Waals surface area contributed by atoms with E-state index in [1.807, 2.05) is 20.8 Å². The molecule has 25 heavy (non-hydrogen) atoms. The van der Waals surface area contributed by atoms with Crippen molar-refractivity contribution >= 4 is 17.6 Å². The average molecular weight is 350 g/mol. The zero-order valence-electron chi connectivity index (χ0n) is 15.3. The highest BCUT2D eigenvalue weighted by atomic mass is 16.6. The summed E-state index contributed by atoms with van der Waals surface area (Å²) in [6.45, 7) is 7.40. The van der Waals surface area contributed by atoms with Crippen molar-refractivity contribution in [2.45, 2.75) is 39.2 Å². The van der Waals surface area contributed by atoms with Gasteiger partial charge in [0.15, 0.2) is 0 Å². The summed E-state index contributed by atoms with van der Waals surface area (Å²) in [6.07, 6.45) is 3.10. The van der Waals surface area contributed by atoms with E-state index in [0.717, 1.165) is 12.8 Å². The largest absolute Gasteiger partial charge is 0.444 e. The zero-order chi connectivity index (χ0) is 18.6. The summed E-state index contributed by atoms with van der Waals surface area (Å²) in [5, 5.41) is 11.2. The van der Waals surface area contributed by atoms with Crippen molar-refractivity contribution in [1.29, 1.82) is 0 Å². The van der Waals surface area contributed by atoms with Gasteiger partial charge in [-0.3, -0.25) is 10.1 Å². The number of nitro groups is 1. The molecular weight excluding hydrogens is 324 g/mol. The molecule has 0 bridgehead atoms. The Morgan fingerprint density at radius 1 is 1.52 bits per heavy atom. The van der Waals surface area contributed by atoms with Crippen molar-refractivity contribution < 1.29 is 14.5 Å². The normalized spacial score (nSPS) is 17.9. The van der Waals surface area contributed by atoms with Crippen molar-refractivity contribution in [2.24, 2.45) is 5.92 Å². The number of carbonyl (C=O) groups excluding carboxylic acids is 1. The molecule has 8 heteroatoms. The van der Waals surface area contributed by atoms with Gasteiger partial charge in [0.1, 0.15) is 5.60 Å². The third kappa shape index (κ3) is 5.30. The van der Waals surface area contributed by atoms with Crippen LogP contribution in [0.25, 0.3) is 0 Å². The molecule has 0 aliphatic carbocycles. The van der Waals surface area contributed by atoms with Gasteiger partial charge in [0.05, 0.1) is 4.92 Å². The molecule has 2 heterocycles. The second kappa shape index (κ2) is 7.67. The van der Waals surface area contributed by atoms with E-state index in [1.54, 1.807) is 29.1 Å². The number of carbonyl (C=O) groups is 1. The maximum absolute atomic E-state index is 12.2. The fourth-order valence-electron chi connectivity index (χ4n) is 3.01. The van der Waals surface area contributed by atoms with Gasteiger partial charge in [0, 0.05) is 38.9 Å². The summed E-state index contributed by atoms with van der Waals surface area (Å²) in [5.41, 5.74) is -0.528. The van der Waals surface area contributed by atoms with Crippen LogP contribution in [0.15, 0.2) is 18.3 Å². The molecule has 0 spiro atoms. The van der Waals surface area contributed by atoms with Crippen molar-refractivity contribution in [2.75, 3.05) is 31.6 Å². The van der Waals surface area contributed by atoms with E-state index in [2.05, 4.69) is 4.98 Å². The van der Waals surface area contributed by atoms with Crippen molar-refractivity contribution in [3.63, 3.8) is 0 Å². The second-order valence-corrected chi connectivity index (χ2v) is 7.42. The highest BCUT2D eigenvalue weighted by Gasteiger charge is 2.29. The summed E-state index contributed by atoms with van der Waals surface area (Å²) in [7, 11) is 1.79. The predicted molar refractivity (Wildman–Crippen MR) is 94.7 cm³/mol. The molecule has 1 fully saturated rings. The van der Waals surface area contributed by atoms with Crippen LogP contribution in [0.4, 0.5) is 16.3 Å².